The van der Waals surface area contributed by atoms with E-state index in [1.807, 2.05) is 0 Å². The van der Waals surface area contributed by atoms with Crippen LogP contribution in [0.1, 0.15) is 49.8 Å². The van der Waals surface area contributed by atoms with Gasteiger partial charge in [0.25, 0.3) is 0 Å². The molecule has 0 aliphatic heterocycles. The van der Waals surface area contributed by atoms with Gasteiger partial charge in [0.05, 0.1) is 0 Å². The van der Waals surface area contributed by atoms with Crippen LogP contribution in [0.15, 0.2) is 24.3 Å². The van der Waals surface area contributed by atoms with Crippen LogP contribution in [0.4, 0.5) is 0 Å². The van der Waals surface area contributed by atoms with Gasteiger partial charge in [0, 0.05) is 34.9 Å². The number of benzene rings is 1. The fourth-order valence-corrected chi connectivity index (χ4v) is 3.55. The molecule has 2 nitrogen and oxygen atoms in total. The molecule has 3 atom stereocenters. The minimum atomic E-state index is -0.681. The van der Waals surface area contributed by atoms with Crippen LogP contribution in [0.3, 0.4) is 0 Å². The van der Waals surface area contributed by atoms with Crippen molar-refractivity contribution in [1.82, 2.24) is 5.32 Å². The highest BCUT2D eigenvalue weighted by Gasteiger charge is 2.19. The molecule has 1 N–H and O–H groups in total. The third kappa shape index (κ3) is 4.43. The molecule has 0 spiro atoms. The number of aryl methyl sites for hydroxylation is 1. The van der Waals surface area contributed by atoms with E-state index in [-0.39, 0.29) is 0 Å². The van der Waals surface area contributed by atoms with Gasteiger partial charge in [-0.25, -0.2) is 0 Å². The second kappa shape index (κ2) is 7.20. The predicted octanol–water partition coefficient (Wildman–Crippen LogP) is 3.20. The fourth-order valence-electron chi connectivity index (χ4n) is 2.86. The Morgan fingerprint density at radius 1 is 1.37 bits per heavy atom. The summed E-state index contributed by atoms with van der Waals surface area (Å²) in [5.74, 6) is 0.794. The molecule has 1 aliphatic carbocycles. The minimum absolute atomic E-state index is 0.431. The number of fused-ring (bicyclic) bond motifs is 1. The van der Waals surface area contributed by atoms with Crippen LogP contribution in [0.2, 0.25) is 0 Å². The molecular formula is C16H25NOS. The first-order chi connectivity index (χ1) is 9.16. The summed E-state index contributed by atoms with van der Waals surface area (Å²) in [5.41, 5.74) is 2.98. The van der Waals surface area contributed by atoms with Crippen molar-refractivity contribution in [3.05, 3.63) is 35.4 Å². The molecule has 0 heterocycles. The first-order valence-electron chi connectivity index (χ1n) is 7.30. The Morgan fingerprint density at radius 2 is 2.16 bits per heavy atom. The fraction of sp³-hybridized carbons (Fsp3) is 0.625. The zero-order chi connectivity index (χ0) is 13.7. The predicted molar refractivity (Wildman–Crippen MR) is 82.9 cm³/mol. The summed E-state index contributed by atoms with van der Waals surface area (Å²) in [6.07, 6.45) is 7.79. The zero-order valence-corrected chi connectivity index (χ0v) is 12.8. The first-order valence-corrected chi connectivity index (χ1v) is 9.03. The summed E-state index contributed by atoms with van der Waals surface area (Å²) in [6.45, 7) is 2.21. The van der Waals surface area contributed by atoms with Gasteiger partial charge in [0.2, 0.25) is 0 Å². The molecule has 0 aromatic heterocycles. The summed E-state index contributed by atoms with van der Waals surface area (Å²) in [7, 11) is -0.681. The van der Waals surface area contributed by atoms with Crippen LogP contribution in [-0.4, -0.2) is 22.3 Å². The van der Waals surface area contributed by atoms with Gasteiger partial charge in [-0.3, -0.25) is 4.21 Å². The maximum atomic E-state index is 11.2. The van der Waals surface area contributed by atoms with E-state index in [9.17, 15) is 4.21 Å². The highest BCUT2D eigenvalue weighted by molar-refractivity contribution is 7.84. The summed E-state index contributed by atoms with van der Waals surface area (Å²) < 4.78 is 11.2. The number of hydrogen-bond donors (Lipinski definition) is 1. The highest BCUT2D eigenvalue weighted by atomic mass is 32.2. The molecule has 3 unspecified atom stereocenters. The molecule has 0 saturated heterocycles. The Kier molecular flexibility index (Phi) is 5.59. The van der Waals surface area contributed by atoms with Crippen molar-refractivity contribution in [2.24, 2.45) is 0 Å². The maximum absolute atomic E-state index is 11.2. The largest absolute Gasteiger partial charge is 0.307 e. The summed E-state index contributed by atoms with van der Waals surface area (Å²) in [6, 6.07) is 9.72. The quantitative estimate of drug-likeness (QED) is 0.839. The van der Waals surface area contributed by atoms with Gasteiger partial charge in [0.15, 0.2) is 0 Å². The smallest absolute Gasteiger partial charge is 0.0325 e. The molecule has 1 aliphatic rings. The molecule has 106 valence electrons. The molecule has 0 saturated carbocycles. The van der Waals surface area contributed by atoms with Crippen LogP contribution < -0.4 is 5.32 Å². The topological polar surface area (TPSA) is 29.1 Å². The standard InChI is InChI=1S/C16H25NOS/c1-13(11-12-19(2)18)17-16-10-6-4-8-14-7-3-5-9-15(14)16/h3,5,7,9,13,16-17H,4,6,8,10-12H2,1-2H3. The number of rotatable bonds is 5. The molecule has 0 radical (unpaired) electrons. The molecule has 19 heavy (non-hydrogen) atoms. The van der Waals surface area contributed by atoms with Crippen LogP contribution in [0.25, 0.3) is 0 Å². The Balaban J connectivity index is 2.01. The van der Waals surface area contributed by atoms with Crippen LogP contribution in [-0.2, 0) is 17.2 Å². The van der Waals surface area contributed by atoms with E-state index < -0.39 is 10.8 Å². The van der Waals surface area contributed by atoms with Crippen LogP contribution in [0.5, 0.6) is 0 Å². The molecule has 3 heteroatoms. The Morgan fingerprint density at radius 3 is 2.95 bits per heavy atom. The van der Waals surface area contributed by atoms with Gasteiger partial charge in [-0.2, -0.15) is 0 Å². The summed E-state index contributed by atoms with van der Waals surface area (Å²) in [4.78, 5) is 0. The van der Waals surface area contributed by atoms with Crippen molar-refractivity contribution in [2.45, 2.75) is 51.1 Å². The summed E-state index contributed by atoms with van der Waals surface area (Å²) >= 11 is 0. The van der Waals surface area contributed by atoms with E-state index in [4.69, 9.17) is 0 Å². The van der Waals surface area contributed by atoms with E-state index in [1.54, 1.807) is 6.26 Å². The monoisotopic (exact) mass is 279 g/mol. The van der Waals surface area contributed by atoms with Crippen molar-refractivity contribution in [3.8, 4) is 0 Å². The SMILES string of the molecule is CC(CCS(C)=O)NC1CCCCc2ccccc21. The van der Waals surface area contributed by atoms with Crippen molar-refractivity contribution in [1.29, 1.82) is 0 Å². The Bertz CT molecular complexity index is 433. The van der Waals surface area contributed by atoms with E-state index in [0.717, 1.165) is 12.2 Å². The zero-order valence-electron chi connectivity index (χ0n) is 12.0. The number of hydrogen-bond acceptors (Lipinski definition) is 2. The van der Waals surface area contributed by atoms with Gasteiger partial charge in [-0.1, -0.05) is 30.7 Å². The number of nitrogens with one attached hydrogen (secondary N) is 1. The van der Waals surface area contributed by atoms with Crippen molar-refractivity contribution < 1.29 is 4.21 Å². The average molecular weight is 279 g/mol. The molecule has 2 rings (SSSR count). The first kappa shape index (κ1) is 14.7. The lowest BCUT2D eigenvalue weighted by Crippen LogP contribution is -2.31. The molecule has 0 fully saturated rings. The van der Waals surface area contributed by atoms with E-state index in [0.29, 0.717) is 12.1 Å². The third-order valence-corrected chi connectivity index (χ3v) is 4.75. The van der Waals surface area contributed by atoms with Gasteiger partial charge >= 0.3 is 0 Å². The summed E-state index contributed by atoms with van der Waals surface area (Å²) in [5, 5.41) is 3.74. The van der Waals surface area contributed by atoms with Crippen molar-refractivity contribution >= 4 is 10.8 Å². The van der Waals surface area contributed by atoms with Crippen LogP contribution >= 0.6 is 0 Å². The lowest BCUT2D eigenvalue weighted by molar-refractivity contribution is 0.422. The van der Waals surface area contributed by atoms with Gasteiger partial charge in [0.1, 0.15) is 0 Å². The molecular weight excluding hydrogens is 254 g/mol. The second-order valence-corrected chi connectivity index (χ2v) is 7.19. The lowest BCUT2D eigenvalue weighted by atomic mass is 9.98. The molecule has 0 amide bonds. The lowest BCUT2D eigenvalue weighted by Gasteiger charge is -2.24. The Labute approximate surface area is 119 Å². The normalized spacial score (nSPS) is 22.3. The Hall–Kier alpha value is -0.670. The maximum Gasteiger partial charge on any atom is 0.0325 e. The van der Waals surface area contributed by atoms with E-state index in [1.165, 1.54) is 36.8 Å². The molecule has 0 bridgehead atoms. The van der Waals surface area contributed by atoms with Gasteiger partial charge < -0.3 is 5.32 Å². The van der Waals surface area contributed by atoms with Crippen LogP contribution in [0, 0.1) is 0 Å². The van der Waals surface area contributed by atoms with E-state index >= 15 is 0 Å². The molecule has 1 aromatic carbocycles. The van der Waals surface area contributed by atoms with Gasteiger partial charge in [-0.15, -0.1) is 0 Å². The highest BCUT2D eigenvalue weighted by Crippen LogP contribution is 2.28. The second-order valence-electron chi connectivity index (χ2n) is 5.63. The van der Waals surface area contributed by atoms with E-state index in [2.05, 4.69) is 36.5 Å². The minimum Gasteiger partial charge on any atom is -0.307 e. The van der Waals surface area contributed by atoms with Crippen molar-refractivity contribution in [2.75, 3.05) is 12.0 Å². The van der Waals surface area contributed by atoms with Crippen molar-refractivity contribution in [3.63, 3.8) is 0 Å². The average Bonchev–Trinajstić information content (AvgIpc) is 2.59. The third-order valence-electron chi connectivity index (χ3n) is 3.94. The molecule has 1 aromatic rings. The van der Waals surface area contributed by atoms with Gasteiger partial charge in [-0.05, 0) is 43.7 Å².